The van der Waals surface area contributed by atoms with Crippen molar-refractivity contribution in [2.45, 2.75) is 13.8 Å². The largest absolute Gasteiger partial charge is 0.494 e. The number of ether oxygens (including phenoxy) is 1. The topological polar surface area (TPSA) is 26.3 Å². The summed E-state index contributed by atoms with van der Waals surface area (Å²) in [7, 11) is 0. The highest BCUT2D eigenvalue weighted by molar-refractivity contribution is 5.83. The van der Waals surface area contributed by atoms with Crippen molar-refractivity contribution in [1.82, 2.24) is 0 Å². The van der Waals surface area contributed by atoms with E-state index in [4.69, 9.17) is 4.74 Å². The summed E-state index contributed by atoms with van der Waals surface area (Å²) in [5, 5.41) is 0. The first-order valence-electron chi connectivity index (χ1n) is 4.57. The van der Waals surface area contributed by atoms with E-state index in [2.05, 4.69) is 6.58 Å². The van der Waals surface area contributed by atoms with Crippen molar-refractivity contribution in [3.05, 3.63) is 41.5 Å². The monoisotopic (exact) mass is 190 g/mol. The molecule has 1 aromatic carbocycles. The average Bonchev–Trinajstić information content (AvgIpc) is 2.18. The third-order valence-corrected chi connectivity index (χ3v) is 1.95. The van der Waals surface area contributed by atoms with Crippen molar-refractivity contribution < 1.29 is 9.53 Å². The number of hydrogen-bond donors (Lipinski definition) is 0. The normalized spacial score (nSPS) is 9.57. The highest BCUT2D eigenvalue weighted by Crippen LogP contribution is 2.19. The lowest BCUT2D eigenvalue weighted by Gasteiger charge is -2.09. The summed E-state index contributed by atoms with van der Waals surface area (Å²) in [6.45, 7) is 8.20. The molecule has 2 heteroatoms. The van der Waals surface area contributed by atoms with Gasteiger partial charge in [-0.25, -0.2) is 0 Å². The zero-order chi connectivity index (χ0) is 10.6. The maximum absolute atomic E-state index is 10.8. The van der Waals surface area contributed by atoms with Crippen LogP contribution in [0.2, 0.25) is 0 Å². The second-order valence-electron chi connectivity index (χ2n) is 3.06. The number of carbonyl (C=O) groups excluding carboxylic acids is 1. The van der Waals surface area contributed by atoms with E-state index >= 15 is 0 Å². The molecule has 0 heterocycles. The van der Waals surface area contributed by atoms with Gasteiger partial charge < -0.3 is 4.74 Å². The summed E-state index contributed by atoms with van der Waals surface area (Å²) in [6.07, 6.45) is 0.818. The Hall–Kier alpha value is -1.57. The van der Waals surface area contributed by atoms with Crippen molar-refractivity contribution in [3.8, 4) is 0 Å². The molecule has 0 saturated heterocycles. The molecule has 0 bridgehead atoms. The van der Waals surface area contributed by atoms with E-state index in [-0.39, 0.29) is 0 Å². The van der Waals surface area contributed by atoms with Gasteiger partial charge in [-0.3, -0.25) is 4.79 Å². The van der Waals surface area contributed by atoms with Crippen LogP contribution in [0.4, 0.5) is 0 Å². The fourth-order valence-electron chi connectivity index (χ4n) is 1.27. The van der Waals surface area contributed by atoms with Gasteiger partial charge in [0.2, 0.25) is 0 Å². The molecular weight excluding hydrogens is 176 g/mol. The summed E-state index contributed by atoms with van der Waals surface area (Å²) < 4.78 is 5.27. The van der Waals surface area contributed by atoms with Crippen LogP contribution in [0, 0.1) is 6.92 Å². The zero-order valence-corrected chi connectivity index (χ0v) is 8.54. The van der Waals surface area contributed by atoms with Crippen molar-refractivity contribution in [3.63, 3.8) is 0 Å². The first kappa shape index (κ1) is 10.5. The van der Waals surface area contributed by atoms with Gasteiger partial charge in [0.25, 0.3) is 0 Å². The predicted octanol–water partition coefficient (Wildman–Crippen LogP) is 2.81. The number of hydrogen-bond acceptors (Lipinski definition) is 2. The quantitative estimate of drug-likeness (QED) is 0.539. The molecule has 0 fully saturated rings. The number of aryl methyl sites for hydroxylation is 1. The molecule has 0 unspecified atom stereocenters. The number of aldehydes is 1. The van der Waals surface area contributed by atoms with E-state index in [0.717, 1.165) is 17.4 Å². The highest BCUT2D eigenvalue weighted by Gasteiger charge is 2.06. The molecule has 2 nitrogen and oxygen atoms in total. The Morgan fingerprint density at radius 1 is 1.57 bits per heavy atom. The van der Waals surface area contributed by atoms with Gasteiger partial charge in [-0.2, -0.15) is 0 Å². The smallest absolute Gasteiger partial charge is 0.150 e. The first-order valence-corrected chi connectivity index (χ1v) is 4.57. The Morgan fingerprint density at radius 3 is 2.86 bits per heavy atom. The van der Waals surface area contributed by atoms with Crippen LogP contribution in [0.5, 0.6) is 0 Å². The third kappa shape index (κ3) is 2.22. The van der Waals surface area contributed by atoms with E-state index in [9.17, 15) is 4.79 Å². The van der Waals surface area contributed by atoms with Crippen molar-refractivity contribution in [2.75, 3.05) is 6.61 Å². The average molecular weight is 190 g/mol. The fraction of sp³-hybridized carbons (Fsp3) is 0.250. The van der Waals surface area contributed by atoms with Gasteiger partial charge in [0.1, 0.15) is 5.76 Å². The van der Waals surface area contributed by atoms with Gasteiger partial charge in [-0.1, -0.05) is 24.3 Å². The number of benzene rings is 1. The standard InChI is InChI=1S/C12H14O2/c1-4-14-10(3)12-7-9(2)5-6-11(12)8-13/h5-8H,3-4H2,1-2H3. The van der Waals surface area contributed by atoms with Crippen LogP contribution in [0.1, 0.15) is 28.4 Å². The maximum atomic E-state index is 10.8. The van der Waals surface area contributed by atoms with Crippen LogP contribution in [-0.2, 0) is 4.74 Å². The fourth-order valence-corrected chi connectivity index (χ4v) is 1.27. The second-order valence-corrected chi connectivity index (χ2v) is 3.06. The molecule has 0 aliphatic heterocycles. The van der Waals surface area contributed by atoms with Crippen molar-refractivity contribution in [1.29, 1.82) is 0 Å². The van der Waals surface area contributed by atoms with Gasteiger partial charge in [0, 0.05) is 11.1 Å². The number of carbonyl (C=O) groups is 1. The predicted molar refractivity (Wildman–Crippen MR) is 57.2 cm³/mol. The Morgan fingerprint density at radius 2 is 2.29 bits per heavy atom. The molecule has 74 valence electrons. The van der Waals surface area contributed by atoms with E-state index in [1.807, 2.05) is 26.0 Å². The SMILES string of the molecule is C=C(OCC)c1cc(C)ccc1C=O. The van der Waals surface area contributed by atoms with Crippen molar-refractivity contribution >= 4 is 12.0 Å². The Labute approximate surface area is 84.2 Å². The summed E-state index contributed by atoms with van der Waals surface area (Å²) in [4.78, 5) is 10.8. The molecule has 14 heavy (non-hydrogen) atoms. The van der Waals surface area contributed by atoms with Gasteiger partial charge in [-0.15, -0.1) is 0 Å². The van der Waals surface area contributed by atoms with Gasteiger partial charge in [0.15, 0.2) is 6.29 Å². The van der Waals surface area contributed by atoms with E-state index < -0.39 is 0 Å². The molecule has 0 amide bonds. The second kappa shape index (κ2) is 4.61. The molecule has 0 saturated carbocycles. The molecule has 0 radical (unpaired) electrons. The summed E-state index contributed by atoms with van der Waals surface area (Å²) in [6, 6.07) is 5.58. The summed E-state index contributed by atoms with van der Waals surface area (Å²) in [5.41, 5.74) is 2.49. The molecular formula is C12H14O2. The Balaban J connectivity index is 3.10. The molecule has 0 N–H and O–H groups in total. The molecule has 1 rings (SSSR count). The number of rotatable bonds is 4. The molecule has 1 aromatic rings. The Bertz CT molecular complexity index is 353. The van der Waals surface area contributed by atoms with Gasteiger partial charge in [-0.05, 0) is 19.9 Å². The maximum Gasteiger partial charge on any atom is 0.150 e. The molecule has 0 atom stereocenters. The summed E-state index contributed by atoms with van der Waals surface area (Å²) in [5.74, 6) is 0.554. The van der Waals surface area contributed by atoms with Crippen molar-refractivity contribution in [2.24, 2.45) is 0 Å². The van der Waals surface area contributed by atoms with Crippen LogP contribution >= 0.6 is 0 Å². The minimum atomic E-state index is 0.554. The molecule has 0 aromatic heterocycles. The van der Waals surface area contributed by atoms with Crippen LogP contribution < -0.4 is 0 Å². The van der Waals surface area contributed by atoms with Crippen LogP contribution in [0.15, 0.2) is 24.8 Å². The van der Waals surface area contributed by atoms with Gasteiger partial charge in [0.05, 0.1) is 6.61 Å². The van der Waals surface area contributed by atoms with Gasteiger partial charge >= 0.3 is 0 Å². The highest BCUT2D eigenvalue weighted by atomic mass is 16.5. The minimum Gasteiger partial charge on any atom is -0.494 e. The third-order valence-electron chi connectivity index (χ3n) is 1.95. The molecule has 0 spiro atoms. The van der Waals surface area contributed by atoms with E-state index in [1.54, 1.807) is 6.07 Å². The molecule has 0 aliphatic rings. The molecule has 0 aliphatic carbocycles. The lowest BCUT2D eigenvalue weighted by Crippen LogP contribution is -1.96. The van der Waals surface area contributed by atoms with Crippen LogP contribution in [0.3, 0.4) is 0 Å². The zero-order valence-electron chi connectivity index (χ0n) is 8.54. The Kier molecular flexibility index (Phi) is 3.46. The lowest BCUT2D eigenvalue weighted by molar-refractivity contribution is 0.112. The van der Waals surface area contributed by atoms with Crippen LogP contribution in [0.25, 0.3) is 5.76 Å². The summed E-state index contributed by atoms with van der Waals surface area (Å²) >= 11 is 0. The van der Waals surface area contributed by atoms with E-state index in [0.29, 0.717) is 17.9 Å². The lowest BCUT2D eigenvalue weighted by atomic mass is 10.0. The van der Waals surface area contributed by atoms with E-state index in [1.165, 1.54) is 0 Å². The first-order chi connectivity index (χ1) is 6.69. The minimum absolute atomic E-state index is 0.554. The van der Waals surface area contributed by atoms with Crippen LogP contribution in [-0.4, -0.2) is 12.9 Å².